The van der Waals surface area contributed by atoms with E-state index < -0.39 is 0 Å². The van der Waals surface area contributed by atoms with Gasteiger partial charge in [0.05, 0.1) is 11.3 Å². The number of nitrogens with one attached hydrogen (secondary N) is 1. The molecule has 0 aliphatic carbocycles. The van der Waals surface area contributed by atoms with E-state index >= 15 is 0 Å². The normalized spacial score (nSPS) is 15.0. The lowest BCUT2D eigenvalue weighted by Gasteiger charge is -2.31. The zero-order valence-electron chi connectivity index (χ0n) is 16.0. The van der Waals surface area contributed by atoms with Crippen molar-refractivity contribution in [3.05, 3.63) is 71.3 Å². The Morgan fingerprint density at radius 1 is 1.14 bits per heavy atom. The van der Waals surface area contributed by atoms with Gasteiger partial charge in [0.25, 0.3) is 0 Å². The summed E-state index contributed by atoms with van der Waals surface area (Å²) in [6.45, 7) is 1.69. The van der Waals surface area contributed by atoms with E-state index in [4.69, 9.17) is 5.73 Å². The van der Waals surface area contributed by atoms with Crippen LogP contribution < -0.4 is 10.6 Å². The molecule has 0 unspecified atom stereocenters. The first-order valence-corrected chi connectivity index (χ1v) is 9.66. The van der Waals surface area contributed by atoms with E-state index in [9.17, 15) is 9.65 Å². The van der Waals surface area contributed by atoms with E-state index in [2.05, 4.69) is 20.9 Å². The van der Waals surface area contributed by atoms with Gasteiger partial charge in [0.1, 0.15) is 17.7 Å². The van der Waals surface area contributed by atoms with Crippen LogP contribution in [0, 0.1) is 17.1 Å². The number of H-pyrrole nitrogens is 1. The van der Waals surface area contributed by atoms with E-state index in [-0.39, 0.29) is 11.9 Å². The van der Waals surface area contributed by atoms with Gasteiger partial charge in [-0.2, -0.15) is 5.26 Å². The molecule has 0 atom stereocenters. The van der Waals surface area contributed by atoms with Crippen molar-refractivity contribution in [2.24, 2.45) is 5.73 Å². The average Bonchev–Trinajstić information content (AvgIpc) is 3.19. The minimum absolute atomic E-state index is 0.238. The second-order valence-corrected chi connectivity index (χ2v) is 7.24. The average molecular weight is 387 g/mol. The highest BCUT2D eigenvalue weighted by Gasteiger charge is 2.21. The van der Waals surface area contributed by atoms with Crippen LogP contribution in [-0.2, 0) is 0 Å². The molecule has 0 saturated carbocycles. The lowest BCUT2D eigenvalue weighted by Crippen LogP contribution is -2.40. The van der Waals surface area contributed by atoms with Crippen LogP contribution in [0.25, 0.3) is 23.4 Å². The molecule has 146 valence electrons. The quantitative estimate of drug-likeness (QED) is 0.703. The predicted molar refractivity (Wildman–Crippen MR) is 113 cm³/mol. The van der Waals surface area contributed by atoms with Crippen molar-refractivity contribution in [2.45, 2.75) is 18.9 Å². The van der Waals surface area contributed by atoms with Crippen molar-refractivity contribution >= 4 is 18.0 Å². The molecular formula is C23H22FN5. The molecule has 4 rings (SSSR count). The molecule has 29 heavy (non-hydrogen) atoms. The summed E-state index contributed by atoms with van der Waals surface area (Å²) in [6, 6.07) is 14.6. The highest BCUT2D eigenvalue weighted by molar-refractivity contribution is 5.73. The Balaban J connectivity index is 1.58. The highest BCUT2D eigenvalue weighted by atomic mass is 19.1. The van der Waals surface area contributed by atoms with Crippen molar-refractivity contribution in [2.75, 3.05) is 18.0 Å². The van der Waals surface area contributed by atoms with Gasteiger partial charge in [0, 0.05) is 36.6 Å². The molecule has 2 aromatic heterocycles. The van der Waals surface area contributed by atoms with Crippen LogP contribution in [0.3, 0.4) is 0 Å². The van der Waals surface area contributed by atoms with Gasteiger partial charge in [-0.3, -0.25) is 4.98 Å². The summed E-state index contributed by atoms with van der Waals surface area (Å²) in [5, 5.41) is 9.57. The molecule has 1 aromatic carbocycles. The van der Waals surface area contributed by atoms with Gasteiger partial charge in [-0.25, -0.2) is 4.39 Å². The van der Waals surface area contributed by atoms with Crippen LogP contribution >= 0.6 is 0 Å². The van der Waals surface area contributed by atoms with Crippen LogP contribution in [0.4, 0.5) is 10.2 Å². The summed E-state index contributed by atoms with van der Waals surface area (Å²) in [6.07, 6.45) is 7.37. The SMILES string of the molecule is N#Cc1cc(-c2ccnc(/C=C/c3ccc(F)cc3)c2)[nH]c1N1CCC(N)CC1. The lowest BCUT2D eigenvalue weighted by atomic mass is 10.1. The Labute approximate surface area is 169 Å². The Morgan fingerprint density at radius 3 is 2.62 bits per heavy atom. The molecule has 1 aliphatic heterocycles. The van der Waals surface area contributed by atoms with Crippen molar-refractivity contribution < 1.29 is 4.39 Å². The fourth-order valence-corrected chi connectivity index (χ4v) is 3.52. The van der Waals surface area contributed by atoms with Crippen molar-refractivity contribution in [1.29, 1.82) is 5.26 Å². The summed E-state index contributed by atoms with van der Waals surface area (Å²) in [5.74, 6) is 0.600. The minimum atomic E-state index is -0.256. The molecule has 3 heterocycles. The molecule has 3 N–H and O–H groups in total. The zero-order chi connectivity index (χ0) is 20.2. The van der Waals surface area contributed by atoms with Crippen molar-refractivity contribution in [3.8, 4) is 17.3 Å². The third-order valence-corrected chi connectivity index (χ3v) is 5.18. The van der Waals surface area contributed by atoms with Crippen LogP contribution in [0.5, 0.6) is 0 Å². The number of hydrogen-bond acceptors (Lipinski definition) is 4. The Hall–Kier alpha value is -3.43. The van der Waals surface area contributed by atoms with Gasteiger partial charge in [-0.15, -0.1) is 0 Å². The Morgan fingerprint density at radius 2 is 1.90 bits per heavy atom. The standard InChI is InChI=1S/C23H22FN5/c24-19-4-1-16(2-5-19)3-6-21-13-17(7-10-27-21)22-14-18(15-25)23(28-22)29-11-8-20(26)9-12-29/h1-7,10,13-14,20,28H,8-9,11-12,26H2/b6-3+. The second kappa shape index (κ2) is 8.29. The topological polar surface area (TPSA) is 81.7 Å². The summed E-state index contributed by atoms with van der Waals surface area (Å²) in [5.41, 5.74) is 10.2. The number of rotatable bonds is 4. The molecule has 1 saturated heterocycles. The summed E-state index contributed by atoms with van der Waals surface area (Å²) < 4.78 is 13.0. The molecule has 0 spiro atoms. The van der Waals surface area contributed by atoms with Gasteiger partial charge in [-0.05, 0) is 54.8 Å². The summed E-state index contributed by atoms with van der Waals surface area (Å²) >= 11 is 0. The van der Waals surface area contributed by atoms with E-state index in [1.165, 1.54) is 12.1 Å². The monoisotopic (exact) mass is 387 g/mol. The number of benzene rings is 1. The third kappa shape index (κ3) is 4.36. The van der Waals surface area contributed by atoms with E-state index in [1.54, 1.807) is 18.3 Å². The third-order valence-electron chi connectivity index (χ3n) is 5.18. The van der Waals surface area contributed by atoms with Crippen LogP contribution in [0.2, 0.25) is 0 Å². The molecular weight excluding hydrogens is 365 g/mol. The first kappa shape index (κ1) is 18.9. The first-order valence-electron chi connectivity index (χ1n) is 9.66. The second-order valence-electron chi connectivity index (χ2n) is 7.24. The van der Waals surface area contributed by atoms with Gasteiger partial charge in [-0.1, -0.05) is 18.2 Å². The maximum atomic E-state index is 13.0. The lowest BCUT2D eigenvalue weighted by molar-refractivity contribution is 0.499. The van der Waals surface area contributed by atoms with E-state index in [0.29, 0.717) is 5.56 Å². The number of nitrogens with two attached hydrogens (primary N) is 1. The molecule has 1 fully saturated rings. The van der Waals surface area contributed by atoms with Crippen LogP contribution in [0.1, 0.15) is 29.7 Å². The maximum absolute atomic E-state index is 13.0. The van der Waals surface area contributed by atoms with Crippen LogP contribution in [0.15, 0.2) is 48.7 Å². The molecule has 3 aromatic rings. The van der Waals surface area contributed by atoms with Crippen LogP contribution in [-0.4, -0.2) is 29.1 Å². The minimum Gasteiger partial charge on any atom is -0.357 e. The summed E-state index contributed by atoms with van der Waals surface area (Å²) in [4.78, 5) is 9.99. The fourth-order valence-electron chi connectivity index (χ4n) is 3.52. The fraction of sp³-hybridized carbons (Fsp3) is 0.217. The molecule has 0 radical (unpaired) electrons. The number of nitrogens with zero attached hydrogens (tertiary/aromatic N) is 3. The predicted octanol–water partition coefficient (Wildman–Crippen LogP) is 4.19. The molecule has 1 aliphatic rings. The summed E-state index contributed by atoms with van der Waals surface area (Å²) in [7, 11) is 0. The molecule has 6 heteroatoms. The Bertz CT molecular complexity index is 1050. The van der Waals surface area contributed by atoms with Gasteiger partial charge >= 0.3 is 0 Å². The molecule has 0 bridgehead atoms. The van der Waals surface area contributed by atoms with Crippen molar-refractivity contribution in [1.82, 2.24) is 9.97 Å². The number of pyridine rings is 1. The first-order chi connectivity index (χ1) is 14.1. The van der Waals surface area contributed by atoms with E-state index in [0.717, 1.165) is 54.3 Å². The molecule has 0 amide bonds. The van der Waals surface area contributed by atoms with E-state index in [1.807, 2.05) is 30.4 Å². The number of aromatic nitrogens is 2. The number of aromatic amines is 1. The van der Waals surface area contributed by atoms with Crippen molar-refractivity contribution in [3.63, 3.8) is 0 Å². The number of halogens is 1. The van der Waals surface area contributed by atoms with Gasteiger partial charge in [0.2, 0.25) is 0 Å². The Kier molecular flexibility index (Phi) is 5.41. The number of nitriles is 1. The number of hydrogen-bond donors (Lipinski definition) is 2. The molecule has 5 nitrogen and oxygen atoms in total. The number of anilines is 1. The number of piperidine rings is 1. The maximum Gasteiger partial charge on any atom is 0.124 e. The largest absolute Gasteiger partial charge is 0.357 e. The van der Waals surface area contributed by atoms with Gasteiger partial charge < -0.3 is 15.6 Å². The zero-order valence-corrected chi connectivity index (χ0v) is 16.0. The smallest absolute Gasteiger partial charge is 0.124 e. The van der Waals surface area contributed by atoms with Gasteiger partial charge in [0.15, 0.2) is 0 Å². The highest BCUT2D eigenvalue weighted by Crippen LogP contribution is 2.29.